The molecule has 0 aliphatic rings. The molecule has 2 rings (SSSR count). The second-order valence-corrected chi connectivity index (χ2v) is 4.54. The molecule has 0 atom stereocenters. The molecule has 0 N–H and O–H groups in total. The molecule has 0 bridgehead atoms. The number of aromatic nitrogens is 2. The van der Waals surface area contributed by atoms with Gasteiger partial charge in [0.2, 0.25) is 0 Å². The van der Waals surface area contributed by atoms with E-state index in [1.54, 1.807) is 31.4 Å². The van der Waals surface area contributed by atoms with Gasteiger partial charge in [-0.05, 0) is 24.3 Å². The van der Waals surface area contributed by atoms with Crippen LogP contribution in [0.3, 0.4) is 0 Å². The molecule has 1 aromatic carbocycles. The number of rotatable bonds is 3. The zero-order valence-corrected chi connectivity index (χ0v) is 11.3. The minimum absolute atomic E-state index is 0.169. The first-order chi connectivity index (χ1) is 8.63. The van der Waals surface area contributed by atoms with E-state index in [1.807, 2.05) is 0 Å². The zero-order chi connectivity index (χ0) is 13.1. The highest BCUT2D eigenvalue weighted by atomic mass is 79.9. The van der Waals surface area contributed by atoms with E-state index in [9.17, 15) is 4.79 Å². The maximum Gasteiger partial charge on any atom is 0.266 e. The first-order valence-corrected chi connectivity index (χ1v) is 5.98. The highest BCUT2D eigenvalue weighted by Gasteiger charge is 2.07. The van der Waals surface area contributed by atoms with Crippen LogP contribution in [0.4, 0.5) is 0 Å². The van der Waals surface area contributed by atoms with Crippen LogP contribution in [-0.2, 0) is 0 Å². The van der Waals surface area contributed by atoms with Gasteiger partial charge < -0.3 is 4.74 Å². The molecule has 0 amide bonds. The summed E-state index contributed by atoms with van der Waals surface area (Å²) in [5.74, 6) is 0.737. The lowest BCUT2D eigenvalue weighted by Crippen LogP contribution is -2.21. The summed E-state index contributed by atoms with van der Waals surface area (Å²) in [6.45, 7) is 3.69. The molecule has 0 radical (unpaired) electrons. The van der Waals surface area contributed by atoms with E-state index in [2.05, 4.69) is 27.5 Å². The smallest absolute Gasteiger partial charge is 0.266 e. The highest BCUT2D eigenvalue weighted by Crippen LogP contribution is 2.16. The van der Waals surface area contributed by atoms with E-state index in [0.29, 0.717) is 10.0 Å². The van der Waals surface area contributed by atoms with E-state index in [-0.39, 0.29) is 5.56 Å². The van der Waals surface area contributed by atoms with Gasteiger partial charge in [0.15, 0.2) is 0 Å². The first-order valence-electron chi connectivity index (χ1n) is 5.19. The number of benzene rings is 1. The number of ether oxygens (including phenoxy) is 1. The summed E-state index contributed by atoms with van der Waals surface area (Å²) in [5, 5.41) is 0. The Bertz CT molecular complexity index is 632. The summed E-state index contributed by atoms with van der Waals surface area (Å²) in [4.78, 5) is 16.2. The Labute approximate surface area is 113 Å². The Balaban J connectivity index is 2.53. The van der Waals surface area contributed by atoms with Gasteiger partial charge >= 0.3 is 0 Å². The lowest BCUT2D eigenvalue weighted by molar-refractivity contribution is 0.414. The third kappa shape index (κ3) is 2.36. The summed E-state index contributed by atoms with van der Waals surface area (Å²) < 4.78 is 7.05. The van der Waals surface area contributed by atoms with Crippen molar-refractivity contribution < 1.29 is 4.74 Å². The van der Waals surface area contributed by atoms with E-state index in [0.717, 1.165) is 11.4 Å². The van der Waals surface area contributed by atoms with Crippen LogP contribution in [0, 0.1) is 0 Å². The fourth-order valence-corrected chi connectivity index (χ4v) is 1.80. The molecule has 0 aliphatic heterocycles. The predicted octanol–water partition coefficient (Wildman–Crippen LogP) is 2.61. The van der Waals surface area contributed by atoms with Crippen LogP contribution in [-0.4, -0.2) is 16.7 Å². The van der Waals surface area contributed by atoms with Crippen LogP contribution in [0.2, 0.25) is 0 Å². The molecule has 5 heteroatoms. The SMILES string of the molecule is C=C(Br)c1cncn(-c2ccc(OC)cc2)c1=O. The summed E-state index contributed by atoms with van der Waals surface area (Å²) in [6.07, 6.45) is 2.96. The molecule has 0 saturated heterocycles. The molecular weight excluding hydrogens is 296 g/mol. The van der Waals surface area contributed by atoms with Crippen LogP contribution in [0.5, 0.6) is 5.75 Å². The van der Waals surface area contributed by atoms with Gasteiger partial charge in [0, 0.05) is 10.7 Å². The third-order valence-corrected chi connectivity index (χ3v) is 2.90. The van der Waals surface area contributed by atoms with Crippen molar-refractivity contribution in [2.45, 2.75) is 0 Å². The maximum absolute atomic E-state index is 12.2. The Kier molecular flexibility index (Phi) is 3.62. The van der Waals surface area contributed by atoms with Crippen molar-refractivity contribution in [1.29, 1.82) is 0 Å². The van der Waals surface area contributed by atoms with Crippen LogP contribution >= 0.6 is 15.9 Å². The molecule has 0 saturated carbocycles. The molecule has 1 heterocycles. The topological polar surface area (TPSA) is 44.1 Å². The second kappa shape index (κ2) is 5.18. The Morgan fingerprint density at radius 2 is 2.06 bits per heavy atom. The van der Waals surface area contributed by atoms with Crippen molar-refractivity contribution in [3.63, 3.8) is 0 Å². The van der Waals surface area contributed by atoms with Gasteiger partial charge in [-0.1, -0.05) is 22.5 Å². The molecule has 0 spiro atoms. The Hall–Kier alpha value is -1.88. The highest BCUT2D eigenvalue weighted by molar-refractivity contribution is 9.15. The van der Waals surface area contributed by atoms with Crippen molar-refractivity contribution in [3.8, 4) is 11.4 Å². The molecular formula is C13H11BrN2O2. The van der Waals surface area contributed by atoms with E-state index in [4.69, 9.17) is 4.74 Å². The van der Waals surface area contributed by atoms with Crippen LogP contribution in [0.25, 0.3) is 10.2 Å². The minimum Gasteiger partial charge on any atom is -0.497 e. The van der Waals surface area contributed by atoms with Gasteiger partial charge in [0.1, 0.15) is 12.1 Å². The van der Waals surface area contributed by atoms with Crippen LogP contribution in [0.15, 0.2) is 48.2 Å². The standard InChI is InChI=1S/C13H11BrN2O2/c1-9(14)12-7-15-8-16(13(12)17)10-3-5-11(18-2)6-4-10/h3-8H,1H2,2H3. The maximum atomic E-state index is 12.2. The average molecular weight is 307 g/mol. The molecule has 0 fully saturated rings. The normalized spacial score (nSPS) is 10.1. The number of hydrogen-bond acceptors (Lipinski definition) is 3. The summed E-state index contributed by atoms with van der Waals surface area (Å²) in [6, 6.07) is 7.17. The third-order valence-electron chi connectivity index (χ3n) is 2.48. The van der Waals surface area contributed by atoms with Crippen molar-refractivity contribution in [1.82, 2.24) is 9.55 Å². The fraction of sp³-hybridized carbons (Fsp3) is 0.0769. The lowest BCUT2D eigenvalue weighted by atomic mass is 10.3. The van der Waals surface area contributed by atoms with E-state index in [1.165, 1.54) is 17.1 Å². The van der Waals surface area contributed by atoms with Gasteiger partial charge in [0.25, 0.3) is 5.56 Å². The zero-order valence-electron chi connectivity index (χ0n) is 9.76. The largest absolute Gasteiger partial charge is 0.497 e. The molecule has 2 aromatic rings. The van der Waals surface area contributed by atoms with Crippen molar-refractivity contribution in [2.24, 2.45) is 0 Å². The lowest BCUT2D eigenvalue weighted by Gasteiger charge is -2.07. The van der Waals surface area contributed by atoms with Gasteiger partial charge in [-0.3, -0.25) is 9.36 Å². The van der Waals surface area contributed by atoms with Gasteiger partial charge in [-0.15, -0.1) is 0 Å². The monoisotopic (exact) mass is 306 g/mol. The summed E-state index contributed by atoms with van der Waals surface area (Å²) >= 11 is 3.20. The molecule has 18 heavy (non-hydrogen) atoms. The Morgan fingerprint density at radius 1 is 1.39 bits per heavy atom. The fourth-order valence-electron chi connectivity index (χ4n) is 1.52. The average Bonchev–Trinajstić information content (AvgIpc) is 2.39. The first kappa shape index (κ1) is 12.6. The van der Waals surface area contributed by atoms with Gasteiger partial charge in [0.05, 0.1) is 18.4 Å². The number of halogens is 1. The quantitative estimate of drug-likeness (QED) is 0.875. The van der Waals surface area contributed by atoms with Crippen LogP contribution in [0.1, 0.15) is 5.56 Å². The van der Waals surface area contributed by atoms with Gasteiger partial charge in [-0.25, -0.2) is 4.98 Å². The minimum atomic E-state index is -0.169. The number of methoxy groups -OCH3 is 1. The predicted molar refractivity (Wildman–Crippen MR) is 74.3 cm³/mol. The van der Waals surface area contributed by atoms with Crippen molar-refractivity contribution in [2.75, 3.05) is 7.11 Å². The molecule has 92 valence electrons. The van der Waals surface area contributed by atoms with Crippen molar-refractivity contribution >= 4 is 20.4 Å². The summed E-state index contributed by atoms with van der Waals surface area (Å²) in [5.41, 5.74) is 0.995. The molecule has 0 unspecified atom stereocenters. The number of nitrogens with zero attached hydrogens (tertiary/aromatic N) is 2. The van der Waals surface area contributed by atoms with Gasteiger partial charge in [-0.2, -0.15) is 0 Å². The molecule has 4 nitrogen and oxygen atoms in total. The van der Waals surface area contributed by atoms with E-state index >= 15 is 0 Å². The molecule has 1 aromatic heterocycles. The van der Waals surface area contributed by atoms with Crippen LogP contribution < -0.4 is 10.3 Å². The van der Waals surface area contributed by atoms with E-state index < -0.39 is 0 Å². The second-order valence-electron chi connectivity index (χ2n) is 3.59. The molecule has 0 aliphatic carbocycles. The Morgan fingerprint density at radius 3 is 2.61 bits per heavy atom. The summed E-state index contributed by atoms with van der Waals surface area (Å²) in [7, 11) is 1.60. The van der Waals surface area contributed by atoms with Crippen molar-refractivity contribution in [3.05, 3.63) is 59.3 Å². The number of hydrogen-bond donors (Lipinski definition) is 0.